The number of ether oxygens (including phenoxy) is 1. The molecule has 3 rings (SSSR count). The molecule has 0 N–H and O–H groups in total. The Morgan fingerprint density at radius 3 is 2.44 bits per heavy atom. The number of benzene rings is 1. The normalized spacial score (nSPS) is 20.0. The molecule has 6 heteroatoms. The van der Waals surface area contributed by atoms with Gasteiger partial charge in [0, 0.05) is 17.8 Å². The third kappa shape index (κ3) is 3.21. The van der Waals surface area contributed by atoms with Crippen molar-refractivity contribution in [3.05, 3.63) is 30.5 Å². The van der Waals surface area contributed by atoms with Crippen LogP contribution in [0.3, 0.4) is 0 Å². The van der Waals surface area contributed by atoms with Gasteiger partial charge < -0.3 is 18.6 Å². The van der Waals surface area contributed by atoms with Crippen LogP contribution < -0.4 is 5.46 Å². The van der Waals surface area contributed by atoms with E-state index in [-0.39, 0.29) is 23.2 Å². The number of fused-ring (bicyclic) bond motifs is 1. The predicted octanol–water partition coefficient (Wildman–Crippen LogP) is 3.06. The van der Waals surface area contributed by atoms with E-state index >= 15 is 0 Å². The van der Waals surface area contributed by atoms with E-state index in [0.717, 1.165) is 16.4 Å². The van der Waals surface area contributed by atoms with E-state index in [1.54, 1.807) is 0 Å². The van der Waals surface area contributed by atoms with E-state index in [9.17, 15) is 4.79 Å². The van der Waals surface area contributed by atoms with Crippen LogP contribution in [0.25, 0.3) is 10.9 Å². The van der Waals surface area contributed by atoms with Gasteiger partial charge in [0.05, 0.1) is 24.7 Å². The Labute approximate surface area is 149 Å². The number of hydrogen-bond donors (Lipinski definition) is 0. The number of nitrogens with zero attached hydrogens (tertiary/aromatic N) is 1. The molecule has 1 saturated heterocycles. The maximum Gasteiger partial charge on any atom is 0.494 e. The Balaban J connectivity index is 1.92. The first kappa shape index (κ1) is 18.0. The topological polar surface area (TPSA) is 49.7 Å². The van der Waals surface area contributed by atoms with Gasteiger partial charge >= 0.3 is 13.1 Å². The molecule has 1 fully saturated rings. The van der Waals surface area contributed by atoms with Gasteiger partial charge in [0.1, 0.15) is 0 Å². The lowest BCUT2D eigenvalue weighted by Crippen LogP contribution is -2.41. The van der Waals surface area contributed by atoms with Gasteiger partial charge in [0.2, 0.25) is 0 Å². The quantitative estimate of drug-likeness (QED) is 0.632. The molecular weight excluding hydrogens is 317 g/mol. The number of rotatable bonds is 4. The van der Waals surface area contributed by atoms with Gasteiger partial charge in [-0.1, -0.05) is 12.1 Å². The van der Waals surface area contributed by atoms with E-state index in [0.29, 0.717) is 6.42 Å². The minimum absolute atomic E-state index is 0.0125. The van der Waals surface area contributed by atoms with E-state index < -0.39 is 7.12 Å². The molecule has 0 spiro atoms. The first-order valence-electron chi connectivity index (χ1n) is 8.67. The fourth-order valence-electron chi connectivity index (χ4n) is 3.10. The van der Waals surface area contributed by atoms with Crippen LogP contribution >= 0.6 is 0 Å². The van der Waals surface area contributed by atoms with Crippen LogP contribution in [0.5, 0.6) is 0 Å². The molecule has 1 atom stereocenters. The van der Waals surface area contributed by atoms with Crippen molar-refractivity contribution in [2.45, 2.75) is 58.3 Å². The third-order valence-corrected chi connectivity index (χ3v) is 5.44. The second-order valence-electron chi connectivity index (χ2n) is 7.76. The molecule has 1 unspecified atom stereocenters. The van der Waals surface area contributed by atoms with Crippen molar-refractivity contribution in [1.82, 2.24) is 4.57 Å². The summed E-state index contributed by atoms with van der Waals surface area (Å²) < 4.78 is 19.2. The minimum Gasteiger partial charge on any atom is -0.469 e. The summed E-state index contributed by atoms with van der Waals surface area (Å²) in [5, 5.41) is 1.12. The smallest absolute Gasteiger partial charge is 0.469 e. The number of carbonyl (C=O) groups excluding carboxylic acids is 1. The summed E-state index contributed by atoms with van der Waals surface area (Å²) >= 11 is 0. The lowest BCUT2D eigenvalue weighted by atomic mass is 9.79. The monoisotopic (exact) mass is 343 g/mol. The molecule has 1 aliphatic rings. The van der Waals surface area contributed by atoms with E-state index in [1.807, 2.05) is 46.9 Å². The number of methoxy groups -OCH3 is 1. The average molecular weight is 343 g/mol. The second-order valence-corrected chi connectivity index (χ2v) is 7.76. The lowest BCUT2D eigenvalue weighted by molar-refractivity contribution is -0.141. The van der Waals surface area contributed by atoms with Crippen LogP contribution in [0.15, 0.2) is 30.5 Å². The highest BCUT2D eigenvalue weighted by molar-refractivity contribution is 6.62. The second kappa shape index (κ2) is 6.18. The summed E-state index contributed by atoms with van der Waals surface area (Å²) in [7, 11) is 1.02. The highest BCUT2D eigenvalue weighted by Crippen LogP contribution is 2.36. The fourth-order valence-corrected chi connectivity index (χ4v) is 3.10. The zero-order chi connectivity index (χ0) is 18.4. The van der Waals surface area contributed by atoms with Gasteiger partial charge in [-0.3, -0.25) is 4.79 Å². The van der Waals surface area contributed by atoms with Crippen LogP contribution in [-0.4, -0.2) is 36.0 Å². The maximum absolute atomic E-state index is 11.6. The van der Waals surface area contributed by atoms with Gasteiger partial charge in [-0.25, -0.2) is 0 Å². The Kier molecular flexibility index (Phi) is 4.46. The van der Waals surface area contributed by atoms with E-state index in [4.69, 9.17) is 14.0 Å². The number of aromatic nitrogens is 1. The van der Waals surface area contributed by atoms with Gasteiger partial charge in [-0.2, -0.15) is 0 Å². The first-order chi connectivity index (χ1) is 11.6. The average Bonchev–Trinajstić information content (AvgIpc) is 3.05. The van der Waals surface area contributed by atoms with Crippen LogP contribution in [0.1, 0.15) is 47.1 Å². The highest BCUT2D eigenvalue weighted by atomic mass is 16.7. The Morgan fingerprint density at radius 2 is 1.84 bits per heavy atom. The van der Waals surface area contributed by atoms with Gasteiger partial charge in [0.25, 0.3) is 0 Å². The summed E-state index contributed by atoms with van der Waals surface area (Å²) in [6.45, 7) is 10.2. The van der Waals surface area contributed by atoms with Crippen molar-refractivity contribution in [1.29, 1.82) is 0 Å². The first-order valence-corrected chi connectivity index (χ1v) is 8.67. The van der Waals surface area contributed by atoms with Gasteiger partial charge in [-0.05, 0) is 57.6 Å². The van der Waals surface area contributed by atoms with Crippen molar-refractivity contribution >= 4 is 29.5 Å². The van der Waals surface area contributed by atoms with Crippen molar-refractivity contribution in [2.75, 3.05) is 7.11 Å². The summed E-state index contributed by atoms with van der Waals surface area (Å²) in [4.78, 5) is 11.6. The Morgan fingerprint density at radius 1 is 1.20 bits per heavy atom. The molecule has 0 bridgehead atoms. The third-order valence-electron chi connectivity index (χ3n) is 5.44. The van der Waals surface area contributed by atoms with E-state index in [1.165, 1.54) is 7.11 Å². The molecule has 2 heterocycles. The van der Waals surface area contributed by atoms with Gasteiger partial charge in [-0.15, -0.1) is 0 Å². The molecule has 5 nitrogen and oxygen atoms in total. The van der Waals surface area contributed by atoms with Gasteiger partial charge in [0.15, 0.2) is 0 Å². The zero-order valence-electron chi connectivity index (χ0n) is 15.8. The largest absolute Gasteiger partial charge is 0.494 e. The van der Waals surface area contributed by atoms with Crippen molar-refractivity contribution in [3.8, 4) is 0 Å². The standard InChI is InChI=1S/C19H26BNO4/c1-13(11-17(22)23-6)21-10-9-14-7-8-15(12-16(14)21)20-24-18(2,3)19(4,5)25-20/h7-10,12-13H,11H2,1-6H3. The lowest BCUT2D eigenvalue weighted by Gasteiger charge is -2.32. The molecule has 1 aromatic carbocycles. The van der Waals surface area contributed by atoms with Crippen molar-refractivity contribution in [2.24, 2.45) is 0 Å². The molecule has 1 aromatic heterocycles. The Bertz CT molecular complexity index is 780. The van der Waals surface area contributed by atoms with Crippen LogP contribution in [0.4, 0.5) is 0 Å². The molecule has 0 radical (unpaired) electrons. The molecule has 2 aromatic rings. The molecule has 0 aliphatic carbocycles. The Hall–Kier alpha value is -1.79. The SMILES string of the molecule is COC(=O)CC(C)n1ccc2ccc(B3OC(C)(C)C(C)(C)O3)cc21. The van der Waals surface area contributed by atoms with Crippen LogP contribution in [0.2, 0.25) is 0 Å². The number of esters is 1. The summed E-state index contributed by atoms with van der Waals surface area (Å²) in [6, 6.07) is 8.26. The molecule has 0 amide bonds. The van der Waals surface area contributed by atoms with Crippen molar-refractivity contribution < 1.29 is 18.8 Å². The molecule has 25 heavy (non-hydrogen) atoms. The van der Waals surface area contributed by atoms with E-state index in [2.05, 4.69) is 22.8 Å². The molecule has 1 aliphatic heterocycles. The number of carbonyl (C=O) groups is 1. The van der Waals surface area contributed by atoms with Crippen molar-refractivity contribution in [3.63, 3.8) is 0 Å². The summed E-state index contributed by atoms with van der Waals surface area (Å²) in [5.41, 5.74) is 1.31. The predicted molar refractivity (Wildman–Crippen MR) is 99.0 cm³/mol. The zero-order valence-corrected chi connectivity index (χ0v) is 15.8. The minimum atomic E-state index is -0.395. The van der Waals surface area contributed by atoms with Crippen LogP contribution in [0, 0.1) is 0 Å². The summed E-state index contributed by atoms with van der Waals surface area (Å²) in [5.74, 6) is -0.212. The molecule has 134 valence electrons. The highest BCUT2D eigenvalue weighted by Gasteiger charge is 2.51. The molecular formula is C19H26BNO4. The maximum atomic E-state index is 11.6. The summed E-state index contributed by atoms with van der Waals surface area (Å²) in [6.07, 6.45) is 2.34. The molecule has 0 saturated carbocycles. The number of hydrogen-bond acceptors (Lipinski definition) is 4. The fraction of sp³-hybridized carbons (Fsp3) is 0.526. The van der Waals surface area contributed by atoms with Crippen LogP contribution in [-0.2, 0) is 18.8 Å².